The molecule has 0 aliphatic carbocycles. The number of carbonyl (C=O) groups excluding carboxylic acids is 3. The van der Waals surface area contributed by atoms with Crippen molar-refractivity contribution >= 4 is 40.2 Å². The van der Waals surface area contributed by atoms with E-state index in [0.717, 1.165) is 58.9 Å². The van der Waals surface area contributed by atoms with Gasteiger partial charge in [0.15, 0.2) is 0 Å². The van der Waals surface area contributed by atoms with Gasteiger partial charge in [0.05, 0.1) is 24.1 Å². The minimum Gasteiger partial charge on any atom is -0.444 e. The number of hydrogen-bond donors (Lipinski definition) is 3. The van der Waals surface area contributed by atoms with Crippen molar-refractivity contribution in [3.8, 4) is 5.69 Å². The summed E-state index contributed by atoms with van der Waals surface area (Å²) in [6, 6.07) is 19.4. The van der Waals surface area contributed by atoms with E-state index >= 15 is 0 Å². The van der Waals surface area contributed by atoms with Crippen molar-refractivity contribution in [2.24, 2.45) is 0 Å². The number of fused-ring (bicyclic) bond motifs is 1. The van der Waals surface area contributed by atoms with Gasteiger partial charge in [-0.1, -0.05) is 65.9 Å². The van der Waals surface area contributed by atoms with Gasteiger partial charge in [-0.15, -0.1) is 10.2 Å². The number of aromatic nitrogens is 3. The SMILES string of the molecule is CC(C)(C)OC(=O)NC(C)(C)c1cccc(CC(=O)Nc2c3cc(CCCCc4nnc(NC(=O)Cc5ccccc5)s4)n2-3)c1. The highest BCUT2D eigenvalue weighted by molar-refractivity contribution is 7.15. The zero-order valence-corrected chi connectivity index (χ0v) is 27.2. The lowest BCUT2D eigenvalue weighted by atomic mass is 9.92. The van der Waals surface area contributed by atoms with Crippen LogP contribution in [0.2, 0.25) is 0 Å². The molecule has 3 N–H and O–H groups in total. The molecular formula is C34H40N6O4S. The molecule has 2 aromatic carbocycles. The van der Waals surface area contributed by atoms with Crippen LogP contribution < -0.4 is 16.0 Å². The number of nitrogens with zero attached hydrogens (tertiary/aromatic N) is 3. The van der Waals surface area contributed by atoms with Crippen LogP contribution in [-0.4, -0.2) is 38.3 Å². The summed E-state index contributed by atoms with van der Waals surface area (Å²) in [5.41, 5.74) is 3.71. The maximum Gasteiger partial charge on any atom is 0.408 e. The molecule has 0 spiro atoms. The van der Waals surface area contributed by atoms with E-state index < -0.39 is 17.2 Å². The Hall–Kier alpha value is -4.51. The summed E-state index contributed by atoms with van der Waals surface area (Å²) in [6.07, 6.45) is 3.68. The predicted molar refractivity (Wildman–Crippen MR) is 176 cm³/mol. The smallest absolute Gasteiger partial charge is 0.408 e. The normalized spacial score (nSPS) is 12.0. The van der Waals surface area contributed by atoms with Gasteiger partial charge in [0.25, 0.3) is 0 Å². The quantitative estimate of drug-likeness (QED) is 0.131. The molecule has 2 aliphatic heterocycles. The molecule has 3 heterocycles. The maximum absolute atomic E-state index is 12.8. The molecule has 3 amide bonds. The molecule has 5 rings (SSSR count). The number of nitrogens with one attached hydrogen (secondary N) is 3. The van der Waals surface area contributed by atoms with Gasteiger partial charge in [-0.05, 0) is 76.6 Å². The second-order valence-electron chi connectivity index (χ2n) is 12.8. The Balaban J connectivity index is 1.03. The van der Waals surface area contributed by atoms with Gasteiger partial charge in [-0.25, -0.2) is 4.79 Å². The number of rotatable bonds is 13. The number of aryl methyl sites for hydroxylation is 2. The van der Waals surface area contributed by atoms with E-state index in [4.69, 9.17) is 4.74 Å². The van der Waals surface area contributed by atoms with Crippen LogP contribution in [0, 0.1) is 0 Å². The first-order valence-corrected chi connectivity index (χ1v) is 16.0. The Labute approximate surface area is 267 Å². The number of benzene rings is 2. The molecule has 45 heavy (non-hydrogen) atoms. The minimum absolute atomic E-state index is 0.0855. The minimum atomic E-state index is -0.670. The number of unbranched alkanes of at least 4 members (excludes halogenated alkanes) is 1. The Bertz CT molecular complexity index is 1690. The number of anilines is 2. The molecule has 0 saturated heterocycles. The van der Waals surface area contributed by atoms with Gasteiger partial charge in [0.2, 0.25) is 16.9 Å². The summed E-state index contributed by atoms with van der Waals surface area (Å²) in [5.74, 6) is 0.672. The van der Waals surface area contributed by atoms with Gasteiger partial charge >= 0.3 is 6.09 Å². The highest BCUT2D eigenvalue weighted by Gasteiger charge is 2.32. The molecule has 0 saturated carbocycles. The van der Waals surface area contributed by atoms with Crippen molar-refractivity contribution < 1.29 is 19.1 Å². The standard InChI is InChI=1S/C34H40N6O4S/c1-33(2,3)44-32(43)37-34(4,5)24-15-11-14-23(18-24)20-27(41)35-30-26-21-25(40(26)30)16-9-10-17-29-38-39-31(45-29)36-28(42)19-22-12-7-6-8-13-22/h6-8,11-15,18,21H,9-10,16-17,19-20H2,1-5H3,(H,35,41)(H,37,43)(H,36,39,42). The fourth-order valence-electron chi connectivity index (χ4n) is 5.06. The van der Waals surface area contributed by atoms with Crippen LogP contribution in [0.5, 0.6) is 0 Å². The first-order chi connectivity index (χ1) is 21.4. The number of ether oxygens (including phenoxy) is 1. The number of hydrogen-bond acceptors (Lipinski definition) is 7. The summed E-state index contributed by atoms with van der Waals surface area (Å²) in [6.45, 7) is 9.29. The van der Waals surface area contributed by atoms with Crippen LogP contribution >= 0.6 is 11.3 Å². The zero-order chi connectivity index (χ0) is 32.2. The second kappa shape index (κ2) is 13.2. The Kier molecular flexibility index (Phi) is 9.38. The first-order valence-electron chi connectivity index (χ1n) is 15.2. The van der Waals surface area contributed by atoms with Crippen molar-refractivity contribution in [1.82, 2.24) is 20.1 Å². The third-order valence-electron chi connectivity index (χ3n) is 7.33. The lowest BCUT2D eigenvalue weighted by molar-refractivity contribution is -0.116. The van der Waals surface area contributed by atoms with Crippen molar-refractivity contribution in [2.45, 2.75) is 84.3 Å². The molecule has 1 aromatic heterocycles. The molecule has 11 heteroatoms. The van der Waals surface area contributed by atoms with Crippen LogP contribution in [0.3, 0.4) is 0 Å². The van der Waals surface area contributed by atoms with Gasteiger partial charge in [0, 0.05) is 12.1 Å². The van der Waals surface area contributed by atoms with Crippen molar-refractivity contribution in [3.63, 3.8) is 0 Å². The average molecular weight is 629 g/mol. The van der Waals surface area contributed by atoms with Crippen LogP contribution in [-0.2, 0) is 45.5 Å². The van der Waals surface area contributed by atoms with E-state index in [2.05, 4.69) is 36.8 Å². The van der Waals surface area contributed by atoms with Crippen molar-refractivity contribution in [2.75, 3.05) is 10.6 Å². The lowest BCUT2D eigenvalue weighted by Gasteiger charge is -2.29. The predicted octanol–water partition coefficient (Wildman–Crippen LogP) is 6.33. The number of amides is 3. The Morgan fingerprint density at radius 3 is 2.27 bits per heavy atom. The highest BCUT2D eigenvalue weighted by atomic mass is 32.1. The van der Waals surface area contributed by atoms with E-state index in [1.54, 1.807) is 0 Å². The summed E-state index contributed by atoms with van der Waals surface area (Å²) in [5, 5.41) is 18.6. The Morgan fingerprint density at radius 2 is 1.51 bits per heavy atom. The van der Waals surface area contributed by atoms with Crippen LogP contribution in [0.25, 0.3) is 5.69 Å². The van der Waals surface area contributed by atoms with Gasteiger partial charge in [-0.3, -0.25) is 14.2 Å². The molecule has 3 aromatic rings. The molecule has 2 aliphatic rings. The Morgan fingerprint density at radius 1 is 0.822 bits per heavy atom. The third kappa shape index (κ3) is 8.78. The monoisotopic (exact) mass is 628 g/mol. The zero-order valence-electron chi connectivity index (χ0n) is 26.4. The van der Waals surface area contributed by atoms with E-state index in [0.29, 0.717) is 11.6 Å². The topological polar surface area (TPSA) is 127 Å². The summed E-state index contributed by atoms with van der Waals surface area (Å²) < 4.78 is 7.50. The van der Waals surface area contributed by atoms with Crippen LogP contribution in [0.1, 0.15) is 74.9 Å². The summed E-state index contributed by atoms with van der Waals surface area (Å²) in [4.78, 5) is 37.4. The molecule has 10 nitrogen and oxygen atoms in total. The largest absolute Gasteiger partial charge is 0.444 e. The van der Waals surface area contributed by atoms with E-state index in [-0.39, 0.29) is 18.2 Å². The second-order valence-corrected chi connectivity index (χ2v) is 13.9. The molecule has 0 bridgehead atoms. The third-order valence-corrected chi connectivity index (χ3v) is 8.23. The summed E-state index contributed by atoms with van der Waals surface area (Å²) in [7, 11) is 0. The van der Waals surface area contributed by atoms with Gasteiger partial charge in [0.1, 0.15) is 16.4 Å². The summed E-state index contributed by atoms with van der Waals surface area (Å²) >= 11 is 1.41. The fraction of sp³-hybridized carbons (Fsp3) is 0.382. The number of alkyl carbamates (subject to hydrolysis) is 1. The molecule has 0 radical (unpaired) electrons. The molecular weight excluding hydrogens is 588 g/mol. The number of carbonyl (C=O) groups is 3. The molecule has 0 fully saturated rings. The van der Waals surface area contributed by atoms with Crippen LogP contribution in [0.15, 0.2) is 60.7 Å². The molecule has 0 unspecified atom stereocenters. The van der Waals surface area contributed by atoms with E-state index in [1.165, 1.54) is 17.0 Å². The lowest BCUT2D eigenvalue weighted by Crippen LogP contribution is -2.43. The molecule has 236 valence electrons. The van der Waals surface area contributed by atoms with Gasteiger partial charge < -0.3 is 20.7 Å². The van der Waals surface area contributed by atoms with Crippen LogP contribution in [0.4, 0.5) is 15.7 Å². The van der Waals surface area contributed by atoms with E-state index in [9.17, 15) is 14.4 Å². The van der Waals surface area contributed by atoms with Crippen molar-refractivity contribution in [3.05, 3.63) is 88.1 Å². The maximum atomic E-state index is 12.8. The highest BCUT2D eigenvalue weighted by Crippen LogP contribution is 2.43. The van der Waals surface area contributed by atoms with E-state index in [1.807, 2.05) is 89.2 Å². The van der Waals surface area contributed by atoms with Crippen molar-refractivity contribution in [1.29, 1.82) is 0 Å². The fourth-order valence-corrected chi connectivity index (χ4v) is 5.86. The average Bonchev–Trinajstić information content (AvgIpc) is 3.24. The molecule has 0 atom stereocenters. The van der Waals surface area contributed by atoms with Gasteiger partial charge in [-0.2, -0.15) is 0 Å². The first kappa shape index (κ1) is 31.9.